The van der Waals surface area contributed by atoms with Crippen molar-refractivity contribution in [2.75, 3.05) is 105 Å². The van der Waals surface area contributed by atoms with E-state index < -0.39 is 0 Å². The summed E-state index contributed by atoms with van der Waals surface area (Å²) in [4.78, 5) is 20.4. The fourth-order valence-corrected chi connectivity index (χ4v) is 3.40. The second kappa shape index (κ2) is 18.6. The van der Waals surface area contributed by atoms with Crippen molar-refractivity contribution in [2.45, 2.75) is 0 Å². The van der Waals surface area contributed by atoms with Crippen LogP contribution in [0.5, 0.6) is 0 Å². The Morgan fingerprint density at radius 1 is 0.667 bits per heavy atom. The molecule has 12 nitrogen and oxygen atoms in total. The smallest absolute Gasteiger partial charge is 0.320 e. The van der Waals surface area contributed by atoms with Gasteiger partial charge in [0.25, 0.3) is 0 Å². The second-order valence-electron chi connectivity index (χ2n) is 7.54. The quantitative estimate of drug-likeness (QED) is 0.149. The maximum absolute atomic E-state index is 12.7. The third-order valence-corrected chi connectivity index (χ3v) is 5.24. The van der Waals surface area contributed by atoms with Crippen LogP contribution in [0, 0.1) is 45.3 Å². The lowest BCUT2D eigenvalue weighted by molar-refractivity contribution is 0.182. The van der Waals surface area contributed by atoms with E-state index in [4.69, 9.17) is 21.0 Å². The average Bonchev–Trinajstić information content (AvgIpc) is 3.16. The summed E-state index contributed by atoms with van der Waals surface area (Å²) in [5.41, 5.74) is 0. The van der Waals surface area contributed by atoms with Gasteiger partial charge in [0.1, 0.15) is 0 Å². The fraction of sp³-hybridized carbons (Fsp3) is 0.762. The van der Waals surface area contributed by atoms with Crippen LogP contribution >= 0.6 is 0 Å². The molecular formula is C21H35N11O. The van der Waals surface area contributed by atoms with Crippen LogP contribution in [0.2, 0.25) is 0 Å². The van der Waals surface area contributed by atoms with E-state index >= 15 is 0 Å². The predicted molar refractivity (Wildman–Crippen MR) is 122 cm³/mol. The molecule has 0 bridgehead atoms. The van der Waals surface area contributed by atoms with E-state index in [0.29, 0.717) is 72.0 Å². The number of hydrogen-bond donors (Lipinski definition) is 3. The normalized spacial score (nSPS) is 13.2. The van der Waals surface area contributed by atoms with Crippen molar-refractivity contribution in [1.29, 1.82) is 21.0 Å². The maximum Gasteiger partial charge on any atom is 0.320 e. The Balaban J connectivity index is 2.31. The summed E-state index contributed by atoms with van der Waals surface area (Å²) in [6.45, 7) is 9.30. The molecule has 12 heteroatoms. The molecular weight excluding hydrogens is 422 g/mol. The van der Waals surface area contributed by atoms with Gasteiger partial charge in [0.05, 0.1) is 50.5 Å². The summed E-state index contributed by atoms with van der Waals surface area (Å²) < 4.78 is 0. The van der Waals surface area contributed by atoms with Crippen LogP contribution in [0.1, 0.15) is 0 Å². The lowest BCUT2D eigenvalue weighted by Crippen LogP contribution is -2.43. The first kappa shape index (κ1) is 28.1. The van der Waals surface area contributed by atoms with Gasteiger partial charge in [-0.2, -0.15) is 21.0 Å². The lowest BCUT2D eigenvalue weighted by atomic mass is 10.4. The molecule has 2 amide bonds. The number of amides is 2. The lowest BCUT2D eigenvalue weighted by Gasteiger charge is -2.25. The molecule has 1 heterocycles. The average molecular weight is 458 g/mol. The molecule has 0 aromatic heterocycles. The molecule has 1 aliphatic heterocycles. The van der Waals surface area contributed by atoms with Crippen molar-refractivity contribution in [2.24, 2.45) is 0 Å². The van der Waals surface area contributed by atoms with Crippen molar-refractivity contribution in [3.63, 3.8) is 0 Å². The first-order valence-corrected chi connectivity index (χ1v) is 11.2. The Labute approximate surface area is 196 Å². The standard InChI is InChI=1S/C21H35N11O/c22-1-5-26-7-14-30(15-8-27-6-2-23)17-18-32-20-19-31(21(32)33)16-10-28-9-13-29(11-3-24)12-4-25/h26-28H,5-20H2. The van der Waals surface area contributed by atoms with Gasteiger partial charge in [-0.3, -0.25) is 9.80 Å². The summed E-state index contributed by atoms with van der Waals surface area (Å²) in [7, 11) is 0. The Morgan fingerprint density at radius 2 is 1.18 bits per heavy atom. The van der Waals surface area contributed by atoms with Crippen LogP contribution in [0.15, 0.2) is 0 Å². The third kappa shape index (κ3) is 12.6. The van der Waals surface area contributed by atoms with Crippen LogP contribution in [0.25, 0.3) is 0 Å². The van der Waals surface area contributed by atoms with Gasteiger partial charge in [-0.25, -0.2) is 4.79 Å². The molecule has 0 spiro atoms. The predicted octanol–water partition coefficient (Wildman–Crippen LogP) is -1.81. The van der Waals surface area contributed by atoms with Gasteiger partial charge in [-0.1, -0.05) is 0 Å². The fourth-order valence-electron chi connectivity index (χ4n) is 3.40. The number of nitriles is 4. The highest BCUT2D eigenvalue weighted by molar-refractivity contribution is 5.76. The minimum Gasteiger partial charge on any atom is -0.322 e. The summed E-state index contributed by atoms with van der Waals surface area (Å²) in [6, 6.07) is 8.27. The third-order valence-electron chi connectivity index (χ3n) is 5.24. The molecule has 0 aromatic carbocycles. The summed E-state index contributed by atoms with van der Waals surface area (Å²) in [6.07, 6.45) is 0. The second-order valence-corrected chi connectivity index (χ2v) is 7.54. The van der Waals surface area contributed by atoms with Gasteiger partial charge in [-0.15, -0.1) is 0 Å². The number of carbonyl (C=O) groups excluding carboxylic acids is 1. The van der Waals surface area contributed by atoms with Gasteiger partial charge >= 0.3 is 6.03 Å². The molecule has 1 rings (SSSR count). The molecule has 0 atom stereocenters. The minimum absolute atomic E-state index is 0.0394. The van der Waals surface area contributed by atoms with Crippen molar-refractivity contribution in [1.82, 2.24) is 35.6 Å². The molecule has 0 radical (unpaired) electrons. The number of nitrogens with zero attached hydrogens (tertiary/aromatic N) is 8. The molecule has 1 aliphatic rings. The summed E-state index contributed by atoms with van der Waals surface area (Å²) in [5.74, 6) is 0. The zero-order chi connectivity index (χ0) is 24.2. The van der Waals surface area contributed by atoms with Crippen LogP contribution in [0.3, 0.4) is 0 Å². The minimum atomic E-state index is 0.0394. The number of rotatable bonds is 19. The van der Waals surface area contributed by atoms with E-state index in [9.17, 15) is 4.79 Å². The number of carbonyl (C=O) groups is 1. The molecule has 3 N–H and O–H groups in total. The van der Waals surface area contributed by atoms with Crippen LogP contribution in [-0.4, -0.2) is 130 Å². The van der Waals surface area contributed by atoms with Crippen molar-refractivity contribution in [3.8, 4) is 24.3 Å². The number of urea groups is 1. The highest BCUT2D eigenvalue weighted by Gasteiger charge is 2.27. The highest BCUT2D eigenvalue weighted by atomic mass is 16.2. The molecule has 0 aliphatic carbocycles. The van der Waals surface area contributed by atoms with Crippen molar-refractivity contribution in [3.05, 3.63) is 0 Å². The molecule has 1 fully saturated rings. The topological polar surface area (TPSA) is 161 Å². The molecule has 0 saturated carbocycles. The highest BCUT2D eigenvalue weighted by Crippen LogP contribution is 2.08. The van der Waals surface area contributed by atoms with Crippen molar-refractivity contribution < 1.29 is 4.79 Å². The zero-order valence-corrected chi connectivity index (χ0v) is 19.3. The van der Waals surface area contributed by atoms with Gasteiger partial charge in [0.15, 0.2) is 0 Å². The van der Waals surface area contributed by atoms with Crippen LogP contribution in [-0.2, 0) is 0 Å². The Bertz CT molecular complexity index is 680. The van der Waals surface area contributed by atoms with Crippen LogP contribution < -0.4 is 16.0 Å². The van der Waals surface area contributed by atoms with Gasteiger partial charge in [0.2, 0.25) is 0 Å². The van der Waals surface area contributed by atoms with E-state index in [1.54, 1.807) is 4.90 Å². The first-order valence-electron chi connectivity index (χ1n) is 11.2. The summed E-state index contributed by atoms with van der Waals surface area (Å²) in [5, 5.41) is 44.2. The molecule has 33 heavy (non-hydrogen) atoms. The number of nitrogens with one attached hydrogen (secondary N) is 3. The van der Waals surface area contributed by atoms with Crippen molar-refractivity contribution >= 4 is 6.03 Å². The SMILES string of the molecule is N#CCNCCN(CCNCC#N)CCN1CCN(CCNCCN(CC#N)CC#N)C1=O. The van der Waals surface area contributed by atoms with E-state index in [-0.39, 0.29) is 19.1 Å². The zero-order valence-electron chi connectivity index (χ0n) is 19.3. The van der Waals surface area contributed by atoms with Gasteiger partial charge in [-0.05, 0) is 0 Å². The van der Waals surface area contributed by atoms with E-state index in [0.717, 1.165) is 19.6 Å². The van der Waals surface area contributed by atoms with Gasteiger partial charge in [0, 0.05) is 78.5 Å². The molecule has 0 aromatic rings. The largest absolute Gasteiger partial charge is 0.322 e. The molecule has 1 saturated heterocycles. The Kier molecular flexibility index (Phi) is 15.8. The first-order chi connectivity index (χ1) is 16.2. The van der Waals surface area contributed by atoms with Gasteiger partial charge < -0.3 is 25.8 Å². The monoisotopic (exact) mass is 457 g/mol. The summed E-state index contributed by atoms with van der Waals surface area (Å²) >= 11 is 0. The number of hydrogen-bond acceptors (Lipinski definition) is 10. The Morgan fingerprint density at radius 3 is 1.73 bits per heavy atom. The Hall–Kier alpha value is -2.97. The van der Waals surface area contributed by atoms with E-state index in [1.807, 2.05) is 9.80 Å². The molecule has 0 unspecified atom stereocenters. The molecule has 180 valence electrons. The van der Waals surface area contributed by atoms with Crippen LogP contribution in [0.4, 0.5) is 4.79 Å². The van der Waals surface area contributed by atoms with E-state index in [2.05, 4.69) is 45.1 Å². The maximum atomic E-state index is 12.7. The van der Waals surface area contributed by atoms with E-state index in [1.165, 1.54) is 0 Å².